The number of imidazole rings is 1. The summed E-state index contributed by atoms with van der Waals surface area (Å²) in [6.07, 6.45) is 1.46. The summed E-state index contributed by atoms with van der Waals surface area (Å²) >= 11 is 0. The Morgan fingerprint density at radius 1 is 1.37 bits per heavy atom. The van der Waals surface area contributed by atoms with Gasteiger partial charge in [0.1, 0.15) is 0 Å². The van der Waals surface area contributed by atoms with Gasteiger partial charge in [-0.2, -0.15) is 4.98 Å². The van der Waals surface area contributed by atoms with Gasteiger partial charge in [-0.3, -0.25) is 9.78 Å². The number of nitrogens with zero attached hydrogens (tertiary/aromatic N) is 2. The SMILES string of the molecule is Cc1cccc(CNc2nc3nc[nH]c3c(=O)[nH]2)c1. The average molecular weight is 255 g/mol. The number of hydrogen-bond acceptors (Lipinski definition) is 4. The maximum atomic E-state index is 11.7. The highest BCUT2D eigenvalue weighted by atomic mass is 16.1. The highest BCUT2D eigenvalue weighted by Gasteiger charge is 2.05. The molecule has 2 heterocycles. The first kappa shape index (κ1) is 11.5. The fourth-order valence-corrected chi connectivity index (χ4v) is 1.93. The van der Waals surface area contributed by atoms with Gasteiger partial charge in [-0.1, -0.05) is 29.8 Å². The van der Waals surface area contributed by atoms with Crippen molar-refractivity contribution in [3.05, 3.63) is 52.1 Å². The van der Waals surface area contributed by atoms with Gasteiger partial charge < -0.3 is 10.3 Å². The number of rotatable bonds is 3. The van der Waals surface area contributed by atoms with Crippen LogP contribution in [0.2, 0.25) is 0 Å². The molecule has 0 aliphatic carbocycles. The summed E-state index contributed by atoms with van der Waals surface area (Å²) in [7, 11) is 0. The van der Waals surface area contributed by atoms with Crippen LogP contribution in [0.4, 0.5) is 5.95 Å². The molecule has 6 heteroatoms. The zero-order valence-electron chi connectivity index (χ0n) is 10.4. The van der Waals surface area contributed by atoms with Gasteiger partial charge in [-0.15, -0.1) is 0 Å². The van der Waals surface area contributed by atoms with Crippen molar-refractivity contribution in [3.8, 4) is 0 Å². The summed E-state index contributed by atoms with van der Waals surface area (Å²) < 4.78 is 0. The minimum absolute atomic E-state index is 0.228. The molecule has 0 aliphatic rings. The number of anilines is 1. The zero-order chi connectivity index (χ0) is 13.2. The predicted octanol–water partition coefficient (Wildman–Crippen LogP) is 1.57. The van der Waals surface area contributed by atoms with E-state index in [-0.39, 0.29) is 5.56 Å². The van der Waals surface area contributed by atoms with Crippen molar-refractivity contribution in [2.45, 2.75) is 13.5 Å². The van der Waals surface area contributed by atoms with Crippen LogP contribution < -0.4 is 10.9 Å². The molecule has 0 fully saturated rings. The summed E-state index contributed by atoms with van der Waals surface area (Å²) in [4.78, 5) is 25.3. The van der Waals surface area contributed by atoms with Crippen LogP contribution in [-0.4, -0.2) is 19.9 Å². The van der Waals surface area contributed by atoms with E-state index in [9.17, 15) is 4.79 Å². The van der Waals surface area contributed by atoms with Crippen LogP contribution in [0.1, 0.15) is 11.1 Å². The van der Waals surface area contributed by atoms with Crippen LogP contribution in [0.15, 0.2) is 35.4 Å². The van der Waals surface area contributed by atoms with E-state index in [2.05, 4.69) is 31.3 Å². The number of benzene rings is 1. The van der Waals surface area contributed by atoms with Crippen molar-refractivity contribution >= 4 is 17.1 Å². The summed E-state index contributed by atoms with van der Waals surface area (Å²) in [5.74, 6) is 0.422. The Labute approximate surface area is 108 Å². The Hall–Kier alpha value is -2.63. The number of H-pyrrole nitrogens is 2. The van der Waals surface area contributed by atoms with Gasteiger partial charge in [-0.25, -0.2) is 4.98 Å². The topological polar surface area (TPSA) is 86.5 Å². The molecule has 1 aromatic carbocycles. The highest BCUT2D eigenvalue weighted by Crippen LogP contribution is 2.07. The lowest BCUT2D eigenvalue weighted by molar-refractivity contribution is 1.05. The second-order valence-electron chi connectivity index (χ2n) is 4.36. The Bertz CT molecular complexity index is 774. The summed E-state index contributed by atoms with van der Waals surface area (Å²) in [6, 6.07) is 8.14. The van der Waals surface area contributed by atoms with Crippen molar-refractivity contribution in [1.29, 1.82) is 0 Å². The maximum absolute atomic E-state index is 11.7. The van der Waals surface area contributed by atoms with E-state index >= 15 is 0 Å². The van der Waals surface area contributed by atoms with E-state index < -0.39 is 0 Å². The van der Waals surface area contributed by atoms with Crippen LogP contribution in [0.25, 0.3) is 11.2 Å². The van der Waals surface area contributed by atoms with E-state index in [1.54, 1.807) is 0 Å². The first-order chi connectivity index (χ1) is 9.22. The molecule has 0 bridgehead atoms. The van der Waals surface area contributed by atoms with Crippen molar-refractivity contribution in [3.63, 3.8) is 0 Å². The second kappa shape index (κ2) is 4.56. The standard InChI is InChI=1S/C13H13N5O/c1-8-3-2-4-9(5-8)6-14-13-17-11-10(12(19)18-13)15-7-16-11/h2-5,7H,6H2,1H3,(H3,14,15,16,17,18,19). The lowest BCUT2D eigenvalue weighted by Crippen LogP contribution is -2.13. The number of aromatic nitrogens is 4. The van der Waals surface area contributed by atoms with Gasteiger partial charge >= 0.3 is 0 Å². The molecule has 96 valence electrons. The fourth-order valence-electron chi connectivity index (χ4n) is 1.93. The molecule has 19 heavy (non-hydrogen) atoms. The largest absolute Gasteiger partial charge is 0.352 e. The minimum Gasteiger partial charge on any atom is -0.352 e. The van der Waals surface area contributed by atoms with Gasteiger partial charge in [0.15, 0.2) is 11.2 Å². The molecule has 2 aromatic heterocycles. The van der Waals surface area contributed by atoms with Crippen LogP contribution in [0.3, 0.4) is 0 Å². The van der Waals surface area contributed by atoms with Gasteiger partial charge in [0.05, 0.1) is 6.33 Å². The van der Waals surface area contributed by atoms with Crippen LogP contribution >= 0.6 is 0 Å². The number of fused-ring (bicyclic) bond motifs is 1. The van der Waals surface area contributed by atoms with E-state index in [4.69, 9.17) is 0 Å². The normalized spacial score (nSPS) is 10.8. The maximum Gasteiger partial charge on any atom is 0.278 e. The molecular formula is C13H13N5O. The van der Waals surface area contributed by atoms with Crippen LogP contribution in [0, 0.1) is 6.92 Å². The zero-order valence-corrected chi connectivity index (χ0v) is 10.4. The molecule has 0 atom stereocenters. The molecule has 0 saturated heterocycles. The third-order valence-electron chi connectivity index (χ3n) is 2.84. The molecule has 3 rings (SSSR count). The summed E-state index contributed by atoms with van der Waals surface area (Å²) in [5.41, 5.74) is 2.90. The van der Waals surface area contributed by atoms with E-state index in [1.807, 2.05) is 25.1 Å². The average Bonchev–Trinajstić information content (AvgIpc) is 2.85. The quantitative estimate of drug-likeness (QED) is 0.663. The third kappa shape index (κ3) is 2.33. The van der Waals surface area contributed by atoms with Gasteiger partial charge in [0, 0.05) is 6.54 Å². The number of aryl methyl sites for hydroxylation is 1. The Balaban J connectivity index is 1.83. The highest BCUT2D eigenvalue weighted by molar-refractivity contribution is 5.69. The molecule has 0 spiro atoms. The number of nitrogens with one attached hydrogen (secondary N) is 3. The van der Waals surface area contributed by atoms with Crippen molar-refractivity contribution in [2.24, 2.45) is 0 Å². The van der Waals surface area contributed by atoms with E-state index in [0.29, 0.717) is 23.7 Å². The lowest BCUT2D eigenvalue weighted by atomic mass is 10.1. The lowest BCUT2D eigenvalue weighted by Gasteiger charge is -2.05. The fraction of sp³-hybridized carbons (Fsp3) is 0.154. The predicted molar refractivity (Wildman–Crippen MR) is 73.0 cm³/mol. The monoisotopic (exact) mass is 255 g/mol. The Morgan fingerprint density at radius 3 is 3.11 bits per heavy atom. The minimum atomic E-state index is -0.228. The molecule has 0 amide bonds. The van der Waals surface area contributed by atoms with Crippen LogP contribution in [-0.2, 0) is 6.54 Å². The molecular weight excluding hydrogens is 242 g/mol. The van der Waals surface area contributed by atoms with Gasteiger partial charge in [-0.05, 0) is 12.5 Å². The number of hydrogen-bond donors (Lipinski definition) is 3. The number of aromatic amines is 2. The van der Waals surface area contributed by atoms with Crippen molar-refractivity contribution in [2.75, 3.05) is 5.32 Å². The van der Waals surface area contributed by atoms with E-state index in [0.717, 1.165) is 5.56 Å². The molecule has 0 unspecified atom stereocenters. The van der Waals surface area contributed by atoms with Gasteiger partial charge in [0.2, 0.25) is 5.95 Å². The molecule has 6 nitrogen and oxygen atoms in total. The first-order valence-corrected chi connectivity index (χ1v) is 5.95. The summed E-state index contributed by atoms with van der Waals surface area (Å²) in [5, 5.41) is 3.09. The molecule has 0 aliphatic heterocycles. The molecule has 0 radical (unpaired) electrons. The summed E-state index contributed by atoms with van der Waals surface area (Å²) in [6.45, 7) is 2.64. The van der Waals surface area contributed by atoms with Crippen molar-refractivity contribution in [1.82, 2.24) is 19.9 Å². The Morgan fingerprint density at radius 2 is 2.26 bits per heavy atom. The van der Waals surface area contributed by atoms with Gasteiger partial charge in [0.25, 0.3) is 5.56 Å². The van der Waals surface area contributed by atoms with E-state index in [1.165, 1.54) is 11.9 Å². The molecule has 3 N–H and O–H groups in total. The van der Waals surface area contributed by atoms with Crippen LogP contribution in [0.5, 0.6) is 0 Å². The molecule has 0 saturated carbocycles. The smallest absolute Gasteiger partial charge is 0.278 e. The van der Waals surface area contributed by atoms with Crippen molar-refractivity contribution < 1.29 is 0 Å². The molecule has 3 aromatic rings. The third-order valence-corrected chi connectivity index (χ3v) is 2.84. The second-order valence-corrected chi connectivity index (χ2v) is 4.36. The Kier molecular flexibility index (Phi) is 2.75. The first-order valence-electron chi connectivity index (χ1n) is 5.95.